The van der Waals surface area contributed by atoms with Crippen LogP contribution in [0.3, 0.4) is 0 Å². The molecular weight excluding hydrogens is 1290 g/mol. The van der Waals surface area contributed by atoms with Crippen molar-refractivity contribution in [2.45, 2.75) is 129 Å². The molecule has 0 fully saturated rings. The molecule has 4 heterocycles. The first kappa shape index (κ1) is 72.3. The molecule has 0 unspecified atom stereocenters. The zero-order valence-electron chi connectivity index (χ0n) is 52.6. The number of primary amides is 1. The number of urea groups is 1. The second kappa shape index (κ2) is 32.6. The van der Waals surface area contributed by atoms with Crippen LogP contribution in [0.4, 0.5) is 31.4 Å². The van der Waals surface area contributed by atoms with E-state index >= 15 is 0 Å². The van der Waals surface area contributed by atoms with Gasteiger partial charge in [0.15, 0.2) is 5.75 Å². The van der Waals surface area contributed by atoms with Crippen molar-refractivity contribution in [3.8, 4) is 5.75 Å². The van der Waals surface area contributed by atoms with Crippen LogP contribution in [0.15, 0.2) is 47.2 Å². The van der Waals surface area contributed by atoms with Crippen molar-refractivity contribution in [2.24, 2.45) is 17.4 Å². The fourth-order valence-corrected chi connectivity index (χ4v) is 14.8. The Labute approximate surface area is 552 Å². The third kappa shape index (κ3) is 18.4. The monoisotopic (exact) mass is 1370 g/mol. The normalized spacial score (nSPS) is 15.3. The van der Waals surface area contributed by atoms with Gasteiger partial charge in [0.25, 0.3) is 0 Å². The fourth-order valence-electron chi connectivity index (χ4n) is 11.4. The summed E-state index contributed by atoms with van der Waals surface area (Å²) in [6.45, 7) is 9.62. The third-order valence-corrected chi connectivity index (χ3v) is 19.9. The van der Waals surface area contributed by atoms with E-state index in [1.165, 1.54) is 53.5 Å². The zero-order chi connectivity index (χ0) is 67.3. The van der Waals surface area contributed by atoms with Crippen LogP contribution in [0.25, 0.3) is 20.2 Å². The molecule has 0 spiro atoms. The van der Waals surface area contributed by atoms with E-state index in [0.29, 0.717) is 65.2 Å². The summed E-state index contributed by atoms with van der Waals surface area (Å²) in [5, 5.41) is 18.9. The van der Waals surface area contributed by atoms with Crippen LogP contribution in [0.5, 0.6) is 5.75 Å². The highest BCUT2D eigenvalue weighted by molar-refractivity contribution is 7.51. The average Bonchev–Trinajstić information content (AvgIpc) is 1.58. The molecule has 2 aliphatic heterocycles. The molecule has 11 N–H and O–H groups in total. The summed E-state index contributed by atoms with van der Waals surface area (Å²) < 4.78 is 25.3. The Balaban J connectivity index is 0.922. The summed E-state index contributed by atoms with van der Waals surface area (Å²) in [4.78, 5) is 145. The van der Waals surface area contributed by atoms with Gasteiger partial charge in [-0.05, 0) is 127 Å². The Morgan fingerprint density at radius 1 is 0.739 bits per heavy atom. The van der Waals surface area contributed by atoms with Gasteiger partial charge < -0.3 is 76.9 Å². The number of aryl methyl sites for hydroxylation is 2. The summed E-state index contributed by atoms with van der Waals surface area (Å²) in [6.07, 6.45) is 0.155. The smallest absolute Gasteiger partial charge is 0.415 e. The number of nitrogens with two attached hydrogens (primary N) is 2. The molecule has 5 aromatic rings. The molecule has 500 valence electrons. The molecule has 30 heteroatoms. The van der Waals surface area contributed by atoms with Crippen LogP contribution in [-0.2, 0) is 50.8 Å². The van der Waals surface area contributed by atoms with Crippen molar-refractivity contribution in [2.75, 3.05) is 80.2 Å². The number of thiophene rings is 2. The van der Waals surface area contributed by atoms with E-state index in [1.54, 1.807) is 60.0 Å². The lowest BCUT2D eigenvalue weighted by atomic mass is 9.95. The number of carbonyl (C=O) groups excluding carboxylic acids is 9. The molecule has 10 amide bonds. The van der Waals surface area contributed by atoms with Gasteiger partial charge in [-0.2, -0.15) is 0 Å². The number of fused-ring (bicyclic) bond motifs is 6. The van der Waals surface area contributed by atoms with Gasteiger partial charge >= 0.3 is 25.8 Å². The molecule has 0 saturated heterocycles. The number of unbranched alkanes of at least 4 members (excludes halogenated alkanes) is 1. The topological polar surface area (TPSA) is 355 Å². The van der Waals surface area contributed by atoms with Crippen molar-refractivity contribution in [3.05, 3.63) is 80.5 Å². The maximum atomic E-state index is 14.2. The van der Waals surface area contributed by atoms with Crippen molar-refractivity contribution in [3.63, 3.8) is 0 Å². The minimum atomic E-state index is -4.45. The average molecular weight is 1370 g/mol. The summed E-state index contributed by atoms with van der Waals surface area (Å²) >= 11 is 15.9. The van der Waals surface area contributed by atoms with E-state index in [4.69, 9.17) is 44.1 Å². The van der Waals surface area contributed by atoms with Gasteiger partial charge in [-0.25, -0.2) is 14.4 Å². The first-order valence-electron chi connectivity index (χ1n) is 30.3. The predicted octanol–water partition coefficient (Wildman–Crippen LogP) is 7.96. The van der Waals surface area contributed by atoms with Crippen LogP contribution in [0, 0.1) is 19.8 Å². The number of hydrogen-bond donors (Lipinski definition) is 9. The predicted molar refractivity (Wildman–Crippen MR) is 357 cm³/mol. The Morgan fingerprint density at radius 2 is 1.29 bits per heavy atom. The molecular formula is C62H82Cl2N11O14PS2. The number of nitrogens with zero attached hydrogens (tertiary/aromatic N) is 4. The van der Waals surface area contributed by atoms with Gasteiger partial charge in [-0.3, -0.25) is 33.3 Å². The summed E-state index contributed by atoms with van der Waals surface area (Å²) in [7, 11) is -1.42. The van der Waals surface area contributed by atoms with Gasteiger partial charge in [-0.1, -0.05) is 26.0 Å². The second-order valence-electron chi connectivity index (χ2n) is 23.6. The first-order chi connectivity index (χ1) is 43.6. The molecule has 7 rings (SSSR count). The van der Waals surface area contributed by atoms with Crippen molar-refractivity contribution < 1.29 is 67.0 Å². The lowest BCUT2D eigenvalue weighted by Crippen LogP contribution is -2.57. The zero-order valence-corrected chi connectivity index (χ0v) is 56.6. The van der Waals surface area contributed by atoms with Gasteiger partial charge in [0, 0.05) is 123 Å². The van der Waals surface area contributed by atoms with Gasteiger partial charge in [0.05, 0.1) is 16.5 Å². The molecule has 0 radical (unpaired) electrons. The van der Waals surface area contributed by atoms with Gasteiger partial charge in [0.1, 0.15) is 24.7 Å². The van der Waals surface area contributed by atoms with Gasteiger partial charge in [-0.15, -0.1) is 45.9 Å². The summed E-state index contributed by atoms with van der Waals surface area (Å²) in [5.74, 6) is -2.91. The number of hydrogen-bond acceptors (Lipinski definition) is 15. The van der Waals surface area contributed by atoms with Crippen molar-refractivity contribution >= 4 is 144 Å². The quantitative estimate of drug-likeness (QED) is 0.0120. The van der Waals surface area contributed by atoms with Crippen LogP contribution in [-0.4, -0.2) is 156 Å². The largest absolute Gasteiger partial charge is 0.445 e. The van der Waals surface area contributed by atoms with Crippen molar-refractivity contribution in [1.29, 1.82) is 0 Å². The van der Waals surface area contributed by atoms with E-state index in [9.17, 15) is 57.5 Å². The second-order valence-corrected chi connectivity index (χ2v) is 27.6. The van der Waals surface area contributed by atoms with Crippen LogP contribution < -0.4 is 52.6 Å². The SMILES string of the molecule is CC(=O)N[C@@H](CCCCN)C(=O)N[C@H](C(=O)N[C@@H](CCCNC(N)=O)C(=O)Nc1ccc(COC(=O)N(C)CCN(C)C(=O)Oc2cc3c(c4c(C)csc24)[C@H](CCl)CN3C(=O)CCCC(=O)N2C[C@@H](CCl)c3c2cc(CP(=O)(O)O)c2scc(C)c32)cc1)C(C)C. The summed E-state index contributed by atoms with van der Waals surface area (Å²) in [5.41, 5.74) is 16.9. The number of nitrogens with one attached hydrogen (secondary N) is 5. The standard InChI is InChI=1S/C62H82Cl2N11O14PS2/c1-34(2)54(71-58(80)43(68-37(5)76)12-8-9-20-65)59(81)70-44(13-11-21-67-60(66)82)57(79)69-42-18-16-38(17-19-42)30-88-61(83)72(6)22-23-73(7)62(84)89-47-25-46-53(51-36(4)33-92-56(47)51)41(27-64)29-75(46)49(78)15-10-14-48(77)74-28-40(26-63)52-45(74)24-39(31-90(85,86)87)55-50(52)35(3)32-91-55/h16-19,24-25,32-34,40-41,43-44,54H,8-15,20-23,26-31,65H2,1-7H3,(H,68,76)(H,69,79)(H,70,81)(H,71,80)(H3,66,67,82)(H2,85,86,87)/t40-,41-,43+,44+,54+/m1/s1. The molecule has 3 aromatic carbocycles. The number of anilines is 3. The Hall–Kier alpha value is -7.10. The molecule has 92 heavy (non-hydrogen) atoms. The Morgan fingerprint density at radius 3 is 1.85 bits per heavy atom. The van der Waals surface area contributed by atoms with Crippen LogP contribution in [0.1, 0.15) is 117 Å². The molecule has 5 atom stereocenters. The molecule has 0 bridgehead atoms. The molecule has 0 aliphatic carbocycles. The first-order valence-corrected chi connectivity index (χ1v) is 34.9. The molecule has 2 aromatic heterocycles. The highest BCUT2D eigenvalue weighted by Gasteiger charge is 2.39. The number of halogens is 2. The summed E-state index contributed by atoms with van der Waals surface area (Å²) in [6, 6.07) is 5.93. The van der Waals surface area contributed by atoms with E-state index in [1.807, 2.05) is 24.6 Å². The number of benzene rings is 3. The Kier molecular flexibility index (Phi) is 25.7. The van der Waals surface area contributed by atoms with E-state index in [2.05, 4.69) is 26.6 Å². The number of alkyl halides is 2. The lowest BCUT2D eigenvalue weighted by Gasteiger charge is -2.27. The maximum Gasteiger partial charge on any atom is 0.415 e. The van der Waals surface area contributed by atoms with Crippen LogP contribution in [0.2, 0.25) is 0 Å². The highest BCUT2D eigenvalue weighted by Crippen LogP contribution is 2.51. The van der Waals surface area contributed by atoms with E-state index in [0.717, 1.165) is 37.7 Å². The maximum absolute atomic E-state index is 14.2. The molecule has 2 aliphatic rings. The fraction of sp³-hybridized carbons (Fsp3) is 0.500. The van der Waals surface area contributed by atoms with Crippen molar-refractivity contribution in [1.82, 2.24) is 31.1 Å². The third-order valence-electron chi connectivity index (χ3n) is 16.1. The van der Waals surface area contributed by atoms with E-state index in [-0.39, 0.29) is 106 Å². The minimum Gasteiger partial charge on any atom is -0.445 e. The Bertz CT molecular complexity index is 3600. The number of ether oxygens (including phenoxy) is 2. The molecule has 25 nitrogen and oxygen atoms in total. The minimum absolute atomic E-state index is 0.00613. The van der Waals surface area contributed by atoms with Gasteiger partial charge in [0.2, 0.25) is 35.4 Å². The lowest BCUT2D eigenvalue weighted by molar-refractivity contribution is -0.133. The highest BCUT2D eigenvalue weighted by atomic mass is 35.5. The van der Waals surface area contributed by atoms with E-state index < -0.39 is 79.6 Å². The van der Waals surface area contributed by atoms with Crippen LogP contribution >= 0.6 is 53.5 Å². The number of rotatable bonds is 30. The molecule has 0 saturated carbocycles. The number of carbonyl (C=O) groups is 9. The number of likely N-dealkylation sites (N-methyl/N-ethyl adjacent to an activating group) is 2. The number of amides is 10.